The molecule has 13 heteroatoms. The lowest BCUT2D eigenvalue weighted by Crippen LogP contribution is -2.51. The van der Waals surface area contributed by atoms with E-state index in [-0.39, 0.29) is 6.61 Å². The standard InChI is InChI=1S/C27H27BrFN5O5S/c1-2-39-27(37)21-20(14-33-7-9-34(10-8-33)23(26(35)36)16-5-11-38-15-16)31-24(25-30-6-12-40-25)32-22(21)18-4-3-17(29)13-19(18)28/h3-6,11-13,15,22-23H,2,7-10,14H2,1H3,(H,31,32)(H,35,36). The number of thiazole rings is 1. The van der Waals surface area contributed by atoms with Crippen LogP contribution in [0.25, 0.3) is 0 Å². The van der Waals surface area contributed by atoms with Crippen LogP contribution in [0.2, 0.25) is 0 Å². The number of carbonyl (C=O) groups is 2. The summed E-state index contributed by atoms with van der Waals surface area (Å²) >= 11 is 4.85. The Morgan fingerprint density at radius 3 is 2.73 bits per heavy atom. The van der Waals surface area contributed by atoms with Crippen molar-refractivity contribution in [3.05, 3.63) is 86.1 Å². The Labute approximate surface area is 242 Å². The second-order valence-electron chi connectivity index (χ2n) is 9.23. The Morgan fingerprint density at radius 2 is 2.10 bits per heavy atom. The number of piperazine rings is 1. The molecular formula is C27H27BrFN5O5S. The molecule has 0 radical (unpaired) electrons. The van der Waals surface area contributed by atoms with Gasteiger partial charge in [0, 0.05) is 60.0 Å². The normalized spacial score (nSPS) is 19.2. The number of nitrogens with one attached hydrogen (secondary N) is 1. The maximum Gasteiger partial charge on any atom is 0.338 e. The fourth-order valence-corrected chi connectivity index (χ4v) is 6.07. The molecule has 0 bridgehead atoms. The van der Waals surface area contributed by atoms with Gasteiger partial charge in [-0.2, -0.15) is 0 Å². The Hall–Kier alpha value is -3.39. The number of benzene rings is 1. The molecule has 2 aromatic heterocycles. The van der Waals surface area contributed by atoms with E-state index < -0.39 is 29.8 Å². The van der Waals surface area contributed by atoms with Crippen molar-refractivity contribution >= 4 is 45.0 Å². The summed E-state index contributed by atoms with van der Waals surface area (Å²) in [4.78, 5) is 38.7. The van der Waals surface area contributed by atoms with E-state index in [2.05, 4.69) is 31.1 Å². The molecule has 1 fully saturated rings. The number of ether oxygens (including phenoxy) is 1. The highest BCUT2D eigenvalue weighted by molar-refractivity contribution is 9.10. The highest BCUT2D eigenvalue weighted by Crippen LogP contribution is 2.37. The fraction of sp³-hybridized carbons (Fsp3) is 0.333. The molecule has 0 saturated carbocycles. The van der Waals surface area contributed by atoms with E-state index in [1.807, 2.05) is 10.3 Å². The van der Waals surface area contributed by atoms with Crippen LogP contribution in [0.4, 0.5) is 4.39 Å². The van der Waals surface area contributed by atoms with Gasteiger partial charge in [0.15, 0.2) is 10.8 Å². The number of halogens is 2. The third-order valence-corrected chi connectivity index (χ3v) is 8.23. The summed E-state index contributed by atoms with van der Waals surface area (Å²) in [5.41, 5.74) is 2.16. The highest BCUT2D eigenvalue weighted by Gasteiger charge is 2.36. The molecule has 0 spiro atoms. The third kappa shape index (κ3) is 6.02. The first kappa shape index (κ1) is 28.1. The number of aliphatic carboxylic acids is 1. The molecule has 40 heavy (non-hydrogen) atoms. The Balaban J connectivity index is 1.45. The molecule has 2 aliphatic heterocycles. The summed E-state index contributed by atoms with van der Waals surface area (Å²) in [6, 6.07) is 4.39. The number of carbonyl (C=O) groups excluding carboxylic acids is 1. The molecule has 2 aliphatic rings. The van der Waals surface area contributed by atoms with E-state index in [0.717, 1.165) is 0 Å². The molecule has 210 valence electrons. The van der Waals surface area contributed by atoms with Gasteiger partial charge in [0.1, 0.15) is 17.9 Å². The first-order chi connectivity index (χ1) is 19.4. The van der Waals surface area contributed by atoms with E-state index in [9.17, 15) is 19.1 Å². The first-order valence-electron chi connectivity index (χ1n) is 12.7. The first-order valence-corrected chi connectivity index (χ1v) is 14.3. The third-order valence-electron chi connectivity index (χ3n) is 6.76. The maximum atomic E-state index is 14.0. The topological polar surface area (TPSA) is 120 Å². The Kier molecular flexibility index (Phi) is 8.74. The van der Waals surface area contributed by atoms with E-state index >= 15 is 0 Å². The number of carboxylic acids is 1. The number of rotatable bonds is 9. The van der Waals surface area contributed by atoms with Crippen molar-refractivity contribution in [2.75, 3.05) is 39.3 Å². The van der Waals surface area contributed by atoms with Crippen molar-refractivity contribution in [3.63, 3.8) is 0 Å². The van der Waals surface area contributed by atoms with Crippen molar-refractivity contribution in [2.24, 2.45) is 4.99 Å². The molecule has 0 amide bonds. The van der Waals surface area contributed by atoms with Gasteiger partial charge < -0.3 is 19.6 Å². The molecular weight excluding hydrogens is 605 g/mol. The minimum absolute atomic E-state index is 0.180. The monoisotopic (exact) mass is 631 g/mol. The van der Waals surface area contributed by atoms with Gasteiger partial charge in [-0.25, -0.2) is 14.2 Å². The summed E-state index contributed by atoms with van der Waals surface area (Å²) in [6.07, 6.45) is 4.60. The van der Waals surface area contributed by atoms with E-state index in [4.69, 9.17) is 14.1 Å². The highest BCUT2D eigenvalue weighted by atomic mass is 79.9. The van der Waals surface area contributed by atoms with Gasteiger partial charge in [0.05, 0.1) is 24.7 Å². The van der Waals surface area contributed by atoms with Crippen LogP contribution in [0.5, 0.6) is 0 Å². The minimum atomic E-state index is -0.937. The number of aliphatic imine (C=N–C) groups is 1. The second-order valence-corrected chi connectivity index (χ2v) is 11.0. The molecule has 2 atom stereocenters. The predicted octanol–water partition coefficient (Wildman–Crippen LogP) is 3.99. The van der Waals surface area contributed by atoms with Gasteiger partial charge in [-0.1, -0.05) is 22.0 Å². The lowest BCUT2D eigenvalue weighted by molar-refractivity contribution is -0.144. The smallest absolute Gasteiger partial charge is 0.338 e. The molecule has 4 heterocycles. The summed E-state index contributed by atoms with van der Waals surface area (Å²) in [5, 5.41) is 15.7. The lowest BCUT2D eigenvalue weighted by atomic mass is 9.95. The van der Waals surface area contributed by atoms with Crippen molar-refractivity contribution in [3.8, 4) is 0 Å². The van der Waals surface area contributed by atoms with Gasteiger partial charge in [-0.3, -0.25) is 19.6 Å². The minimum Gasteiger partial charge on any atom is -0.480 e. The van der Waals surface area contributed by atoms with E-state index in [0.29, 0.717) is 70.4 Å². The van der Waals surface area contributed by atoms with Crippen LogP contribution in [-0.4, -0.2) is 77.0 Å². The zero-order chi connectivity index (χ0) is 28.2. The van der Waals surface area contributed by atoms with Gasteiger partial charge in [0.2, 0.25) is 0 Å². The van der Waals surface area contributed by atoms with Crippen molar-refractivity contribution in [2.45, 2.75) is 19.0 Å². The molecule has 3 aromatic rings. The number of hydrogen-bond acceptors (Lipinski definition) is 10. The van der Waals surface area contributed by atoms with Gasteiger partial charge in [-0.15, -0.1) is 11.3 Å². The van der Waals surface area contributed by atoms with Crippen LogP contribution in [0, 0.1) is 5.82 Å². The summed E-state index contributed by atoms with van der Waals surface area (Å²) < 4.78 is 25.0. The largest absolute Gasteiger partial charge is 0.480 e. The second kappa shape index (κ2) is 12.4. The average Bonchev–Trinajstić information content (AvgIpc) is 3.65. The lowest BCUT2D eigenvalue weighted by Gasteiger charge is -2.38. The number of carboxylic acid groups (broad SMARTS) is 1. The van der Waals surface area contributed by atoms with Crippen molar-refractivity contribution in [1.82, 2.24) is 20.1 Å². The van der Waals surface area contributed by atoms with Gasteiger partial charge in [0.25, 0.3) is 0 Å². The molecule has 2 unspecified atom stereocenters. The zero-order valence-corrected chi connectivity index (χ0v) is 24.0. The van der Waals surface area contributed by atoms with Gasteiger partial charge >= 0.3 is 11.9 Å². The predicted molar refractivity (Wildman–Crippen MR) is 149 cm³/mol. The van der Waals surface area contributed by atoms with Crippen LogP contribution in [0.15, 0.2) is 73.5 Å². The summed E-state index contributed by atoms with van der Waals surface area (Å²) in [5.74, 6) is -1.36. The molecule has 0 aliphatic carbocycles. The number of aromatic nitrogens is 1. The Bertz CT molecular complexity index is 1420. The number of esters is 1. The van der Waals surface area contributed by atoms with Crippen LogP contribution < -0.4 is 5.32 Å². The zero-order valence-electron chi connectivity index (χ0n) is 21.5. The Morgan fingerprint density at radius 1 is 1.30 bits per heavy atom. The SMILES string of the molecule is CCOC(=O)C1=C(CN2CCN(C(C(=O)O)c3ccoc3)CC2)NC(c2nccs2)=NC1c1ccc(F)cc1Br. The maximum absolute atomic E-state index is 14.0. The number of amidine groups is 1. The van der Waals surface area contributed by atoms with E-state index in [1.165, 1.54) is 36.0 Å². The number of hydrogen-bond donors (Lipinski definition) is 2. The molecule has 5 rings (SSSR count). The summed E-state index contributed by atoms with van der Waals surface area (Å²) in [7, 11) is 0. The quantitative estimate of drug-likeness (QED) is 0.338. The van der Waals surface area contributed by atoms with E-state index in [1.54, 1.807) is 25.3 Å². The van der Waals surface area contributed by atoms with Crippen LogP contribution in [0.3, 0.4) is 0 Å². The number of furan rings is 1. The molecule has 1 aromatic carbocycles. The molecule has 2 N–H and O–H groups in total. The van der Waals surface area contributed by atoms with Crippen LogP contribution >= 0.6 is 27.3 Å². The summed E-state index contributed by atoms with van der Waals surface area (Å²) in [6.45, 7) is 4.42. The van der Waals surface area contributed by atoms with Crippen molar-refractivity contribution < 1.29 is 28.2 Å². The average molecular weight is 633 g/mol. The van der Waals surface area contributed by atoms with Crippen LogP contribution in [-0.2, 0) is 14.3 Å². The van der Waals surface area contributed by atoms with Gasteiger partial charge in [-0.05, 0) is 30.7 Å². The fourth-order valence-electron chi connectivity index (χ4n) is 4.91. The molecule has 1 saturated heterocycles. The van der Waals surface area contributed by atoms with Crippen LogP contribution in [0.1, 0.15) is 35.1 Å². The number of nitrogens with zero attached hydrogens (tertiary/aromatic N) is 4. The van der Waals surface area contributed by atoms with Crippen molar-refractivity contribution in [1.29, 1.82) is 0 Å². The molecule has 10 nitrogen and oxygen atoms in total.